The zero-order chi connectivity index (χ0) is 12.5. The number of aliphatic hydroxyl groups excluding tert-OH is 1. The van der Waals surface area contributed by atoms with Gasteiger partial charge in [0.2, 0.25) is 0 Å². The predicted molar refractivity (Wildman–Crippen MR) is 70.1 cm³/mol. The predicted octanol–water partition coefficient (Wildman–Crippen LogP) is 2.62. The van der Waals surface area contributed by atoms with E-state index in [1.807, 2.05) is 24.3 Å². The Morgan fingerprint density at radius 2 is 1.89 bits per heavy atom. The first-order valence-electron chi connectivity index (χ1n) is 5.91. The molecule has 0 saturated heterocycles. The zero-order valence-electron chi connectivity index (χ0n) is 9.84. The summed E-state index contributed by atoms with van der Waals surface area (Å²) in [6.07, 6.45) is 1.55. The smallest absolute Gasteiger partial charge is 0.288 e. The summed E-state index contributed by atoms with van der Waals surface area (Å²) in [5, 5.41) is 11.6. The third kappa shape index (κ3) is 1.74. The molecular weight excluding hydrogens is 226 g/mol. The van der Waals surface area contributed by atoms with E-state index < -0.39 is 0 Å². The highest BCUT2D eigenvalue weighted by Crippen LogP contribution is 2.21. The van der Waals surface area contributed by atoms with E-state index in [1.54, 1.807) is 11.0 Å². The van der Waals surface area contributed by atoms with Gasteiger partial charge in [-0.3, -0.25) is 4.79 Å². The summed E-state index contributed by atoms with van der Waals surface area (Å²) < 4.78 is 0. The maximum Gasteiger partial charge on any atom is 0.288 e. The minimum absolute atomic E-state index is 0.143. The maximum atomic E-state index is 11.7. The molecule has 1 N–H and O–H groups in total. The van der Waals surface area contributed by atoms with E-state index in [-0.39, 0.29) is 11.7 Å². The highest BCUT2D eigenvalue weighted by molar-refractivity contribution is 5.94. The van der Waals surface area contributed by atoms with E-state index >= 15 is 0 Å². The van der Waals surface area contributed by atoms with Crippen molar-refractivity contribution in [3.8, 4) is 0 Å². The highest BCUT2D eigenvalue weighted by atomic mass is 16.3. The van der Waals surface area contributed by atoms with Crippen molar-refractivity contribution >= 4 is 16.7 Å². The number of fused-ring (bicyclic) bond motifs is 1. The van der Waals surface area contributed by atoms with Crippen LogP contribution in [0.25, 0.3) is 10.8 Å². The van der Waals surface area contributed by atoms with Crippen LogP contribution in [0, 0.1) is 0 Å². The summed E-state index contributed by atoms with van der Waals surface area (Å²) in [6.45, 7) is 1.01. The number of carbonyl (C=O) groups excluding carboxylic acids is 1. The van der Waals surface area contributed by atoms with E-state index in [0.717, 1.165) is 10.9 Å². The lowest BCUT2D eigenvalue weighted by molar-refractivity contribution is -0.128. The molecule has 18 heavy (non-hydrogen) atoms. The lowest BCUT2D eigenvalue weighted by Crippen LogP contribution is -2.26. The van der Waals surface area contributed by atoms with Crippen LogP contribution in [0.15, 0.2) is 54.3 Å². The molecule has 0 fully saturated rings. The van der Waals surface area contributed by atoms with Gasteiger partial charge in [0.1, 0.15) is 0 Å². The summed E-state index contributed by atoms with van der Waals surface area (Å²) in [4.78, 5) is 13.3. The van der Waals surface area contributed by atoms with E-state index in [2.05, 4.69) is 18.2 Å². The summed E-state index contributed by atoms with van der Waals surface area (Å²) >= 11 is 0. The largest absolute Gasteiger partial charge is 0.503 e. The van der Waals surface area contributed by atoms with Gasteiger partial charge in [-0.05, 0) is 22.4 Å². The summed E-state index contributed by atoms with van der Waals surface area (Å²) in [5.74, 6) is -0.432. The minimum atomic E-state index is -0.289. The number of benzene rings is 2. The van der Waals surface area contributed by atoms with Gasteiger partial charge in [0, 0.05) is 13.1 Å². The van der Waals surface area contributed by atoms with Crippen LogP contribution in [-0.2, 0) is 11.3 Å². The van der Waals surface area contributed by atoms with Gasteiger partial charge in [0.25, 0.3) is 5.91 Å². The molecule has 0 atom stereocenters. The average molecular weight is 239 g/mol. The first-order valence-corrected chi connectivity index (χ1v) is 5.91. The first-order chi connectivity index (χ1) is 8.75. The maximum absolute atomic E-state index is 11.7. The van der Waals surface area contributed by atoms with Gasteiger partial charge in [-0.1, -0.05) is 42.5 Å². The Labute approximate surface area is 105 Å². The van der Waals surface area contributed by atoms with Crippen molar-refractivity contribution in [1.82, 2.24) is 4.90 Å². The Balaban J connectivity index is 1.94. The summed E-state index contributed by atoms with van der Waals surface area (Å²) in [7, 11) is 0. The Morgan fingerprint density at radius 3 is 2.67 bits per heavy atom. The number of hydrogen-bond donors (Lipinski definition) is 1. The average Bonchev–Trinajstić information content (AvgIpc) is 2.71. The molecule has 1 aliphatic heterocycles. The quantitative estimate of drug-likeness (QED) is 0.875. The molecule has 0 saturated carbocycles. The third-order valence-electron chi connectivity index (χ3n) is 3.25. The molecule has 3 rings (SSSR count). The Kier molecular flexibility index (Phi) is 2.52. The molecule has 0 spiro atoms. The van der Waals surface area contributed by atoms with Gasteiger partial charge in [0.15, 0.2) is 5.76 Å². The van der Waals surface area contributed by atoms with Crippen LogP contribution in [-0.4, -0.2) is 22.5 Å². The topological polar surface area (TPSA) is 40.5 Å². The fourth-order valence-electron chi connectivity index (χ4n) is 2.30. The van der Waals surface area contributed by atoms with Gasteiger partial charge < -0.3 is 10.0 Å². The number of amides is 1. The monoisotopic (exact) mass is 239 g/mol. The van der Waals surface area contributed by atoms with Gasteiger partial charge in [-0.25, -0.2) is 0 Å². The molecule has 0 unspecified atom stereocenters. The van der Waals surface area contributed by atoms with Gasteiger partial charge in [0.05, 0.1) is 0 Å². The molecule has 90 valence electrons. The Morgan fingerprint density at radius 1 is 1.11 bits per heavy atom. The van der Waals surface area contributed by atoms with Crippen LogP contribution in [0.2, 0.25) is 0 Å². The van der Waals surface area contributed by atoms with Gasteiger partial charge >= 0.3 is 0 Å². The van der Waals surface area contributed by atoms with Crippen molar-refractivity contribution in [3.05, 3.63) is 59.9 Å². The number of nitrogens with zero attached hydrogens (tertiary/aromatic N) is 1. The van der Waals surface area contributed by atoms with E-state index in [0.29, 0.717) is 13.1 Å². The number of rotatable bonds is 2. The van der Waals surface area contributed by atoms with Crippen LogP contribution in [0.5, 0.6) is 0 Å². The fraction of sp³-hybridized carbons (Fsp3) is 0.133. The molecule has 3 heteroatoms. The Bertz CT molecular complexity index is 640. The van der Waals surface area contributed by atoms with Crippen LogP contribution in [0.4, 0.5) is 0 Å². The molecule has 1 amide bonds. The standard InChI is InChI=1S/C15H13NO2/c17-14-8-9-16(15(14)18)10-12-6-3-5-11-4-1-2-7-13(11)12/h1-8,17H,9-10H2. The fourth-order valence-corrected chi connectivity index (χ4v) is 2.30. The second-order valence-corrected chi connectivity index (χ2v) is 4.41. The summed E-state index contributed by atoms with van der Waals surface area (Å²) in [6, 6.07) is 14.2. The van der Waals surface area contributed by atoms with Gasteiger partial charge in [-0.2, -0.15) is 0 Å². The summed E-state index contributed by atoms with van der Waals surface area (Å²) in [5.41, 5.74) is 1.10. The van der Waals surface area contributed by atoms with Crippen molar-refractivity contribution in [2.45, 2.75) is 6.54 Å². The van der Waals surface area contributed by atoms with Crippen molar-refractivity contribution in [2.75, 3.05) is 6.54 Å². The second kappa shape index (κ2) is 4.18. The van der Waals surface area contributed by atoms with Crippen molar-refractivity contribution in [1.29, 1.82) is 0 Å². The lowest BCUT2D eigenvalue weighted by atomic mass is 10.0. The molecule has 0 aromatic heterocycles. The van der Waals surface area contributed by atoms with Gasteiger partial charge in [-0.15, -0.1) is 0 Å². The third-order valence-corrected chi connectivity index (χ3v) is 3.25. The SMILES string of the molecule is O=C1C(O)=CCN1Cc1cccc2ccccc12. The molecule has 2 aromatic rings. The normalized spacial score (nSPS) is 15.2. The molecule has 2 aromatic carbocycles. The number of aliphatic hydroxyl groups is 1. The molecule has 1 heterocycles. The zero-order valence-corrected chi connectivity index (χ0v) is 9.84. The lowest BCUT2D eigenvalue weighted by Gasteiger charge is -2.17. The molecule has 1 aliphatic rings. The molecule has 3 nitrogen and oxygen atoms in total. The molecular formula is C15H13NO2. The van der Waals surface area contributed by atoms with Crippen LogP contribution < -0.4 is 0 Å². The van der Waals surface area contributed by atoms with Crippen LogP contribution >= 0.6 is 0 Å². The van der Waals surface area contributed by atoms with Crippen molar-refractivity contribution in [3.63, 3.8) is 0 Å². The van der Waals surface area contributed by atoms with E-state index in [9.17, 15) is 9.90 Å². The van der Waals surface area contributed by atoms with Crippen LogP contribution in [0.3, 0.4) is 0 Å². The second-order valence-electron chi connectivity index (χ2n) is 4.41. The number of hydrogen-bond acceptors (Lipinski definition) is 2. The number of carbonyl (C=O) groups is 1. The molecule has 0 radical (unpaired) electrons. The van der Waals surface area contributed by atoms with Crippen LogP contribution in [0.1, 0.15) is 5.56 Å². The first kappa shape index (κ1) is 10.8. The molecule has 0 aliphatic carbocycles. The molecule has 0 bridgehead atoms. The minimum Gasteiger partial charge on any atom is -0.503 e. The highest BCUT2D eigenvalue weighted by Gasteiger charge is 2.23. The van der Waals surface area contributed by atoms with Crippen molar-refractivity contribution in [2.24, 2.45) is 0 Å². The Hall–Kier alpha value is -2.29. The van der Waals surface area contributed by atoms with Crippen molar-refractivity contribution < 1.29 is 9.90 Å². The van der Waals surface area contributed by atoms with E-state index in [4.69, 9.17) is 0 Å². The van der Waals surface area contributed by atoms with E-state index in [1.165, 1.54) is 5.39 Å².